The van der Waals surface area contributed by atoms with Gasteiger partial charge in [-0.3, -0.25) is 4.98 Å². The minimum Gasteiger partial charge on any atom is -0.376 e. The SMILES string of the molecule is c1ccc(-c2nc(NC[C@@H]3CCCO3)c3ccccc3n2)nc1. The van der Waals surface area contributed by atoms with E-state index >= 15 is 0 Å². The molecule has 0 unspecified atom stereocenters. The maximum atomic E-state index is 5.68. The number of fused-ring (bicyclic) bond motifs is 1. The van der Waals surface area contributed by atoms with E-state index in [-0.39, 0.29) is 6.10 Å². The fraction of sp³-hybridized carbons (Fsp3) is 0.278. The van der Waals surface area contributed by atoms with Crippen LogP contribution in [0.15, 0.2) is 48.7 Å². The van der Waals surface area contributed by atoms with Crippen molar-refractivity contribution in [1.29, 1.82) is 0 Å². The van der Waals surface area contributed by atoms with Gasteiger partial charge in [0.1, 0.15) is 11.5 Å². The van der Waals surface area contributed by atoms with Crippen LogP contribution in [-0.4, -0.2) is 34.2 Å². The Balaban J connectivity index is 1.71. The number of nitrogens with zero attached hydrogens (tertiary/aromatic N) is 3. The van der Waals surface area contributed by atoms with Gasteiger partial charge < -0.3 is 10.1 Å². The van der Waals surface area contributed by atoms with Crippen molar-refractivity contribution in [3.8, 4) is 11.5 Å². The molecule has 0 aliphatic carbocycles. The number of pyridine rings is 1. The predicted octanol–water partition coefficient (Wildman–Crippen LogP) is 3.28. The highest BCUT2D eigenvalue weighted by Crippen LogP contribution is 2.24. The number of hydrogen-bond acceptors (Lipinski definition) is 5. The van der Waals surface area contributed by atoms with Gasteiger partial charge in [0.05, 0.1) is 11.6 Å². The Morgan fingerprint density at radius 2 is 2.00 bits per heavy atom. The van der Waals surface area contributed by atoms with Gasteiger partial charge in [-0.25, -0.2) is 9.97 Å². The Morgan fingerprint density at radius 1 is 1.09 bits per heavy atom. The molecule has 1 atom stereocenters. The fourth-order valence-electron chi connectivity index (χ4n) is 2.84. The first-order chi connectivity index (χ1) is 11.4. The third-order valence-electron chi connectivity index (χ3n) is 4.02. The van der Waals surface area contributed by atoms with Gasteiger partial charge in [-0.1, -0.05) is 18.2 Å². The molecule has 0 bridgehead atoms. The van der Waals surface area contributed by atoms with Crippen LogP contribution in [0.5, 0.6) is 0 Å². The van der Waals surface area contributed by atoms with E-state index in [1.54, 1.807) is 6.20 Å². The molecule has 23 heavy (non-hydrogen) atoms. The molecule has 4 rings (SSSR count). The van der Waals surface area contributed by atoms with Crippen molar-refractivity contribution >= 4 is 16.7 Å². The van der Waals surface area contributed by atoms with Crippen molar-refractivity contribution in [2.75, 3.05) is 18.5 Å². The van der Waals surface area contributed by atoms with Crippen LogP contribution < -0.4 is 5.32 Å². The lowest BCUT2D eigenvalue weighted by Crippen LogP contribution is -2.19. The Hall–Kier alpha value is -2.53. The van der Waals surface area contributed by atoms with Crippen molar-refractivity contribution in [1.82, 2.24) is 15.0 Å². The zero-order valence-electron chi connectivity index (χ0n) is 12.8. The molecule has 5 heteroatoms. The summed E-state index contributed by atoms with van der Waals surface area (Å²) in [6.45, 7) is 1.62. The molecule has 1 fully saturated rings. The monoisotopic (exact) mass is 306 g/mol. The summed E-state index contributed by atoms with van der Waals surface area (Å²) < 4.78 is 5.68. The van der Waals surface area contributed by atoms with Crippen LogP contribution in [0.25, 0.3) is 22.4 Å². The first-order valence-electron chi connectivity index (χ1n) is 7.94. The first kappa shape index (κ1) is 14.1. The van der Waals surface area contributed by atoms with Crippen molar-refractivity contribution < 1.29 is 4.74 Å². The second-order valence-corrected chi connectivity index (χ2v) is 5.64. The van der Waals surface area contributed by atoms with Crippen LogP contribution in [0.4, 0.5) is 5.82 Å². The van der Waals surface area contributed by atoms with E-state index in [0.29, 0.717) is 5.82 Å². The average Bonchev–Trinajstić information content (AvgIpc) is 3.14. The molecular formula is C18H18N4O. The minimum atomic E-state index is 0.266. The zero-order chi connectivity index (χ0) is 15.5. The van der Waals surface area contributed by atoms with Crippen LogP contribution in [0.3, 0.4) is 0 Å². The number of para-hydroxylation sites is 1. The maximum absolute atomic E-state index is 5.68. The van der Waals surface area contributed by atoms with Gasteiger partial charge >= 0.3 is 0 Å². The molecule has 2 aromatic heterocycles. The lowest BCUT2D eigenvalue weighted by Gasteiger charge is -2.14. The normalized spacial score (nSPS) is 17.5. The molecule has 1 aliphatic heterocycles. The van der Waals surface area contributed by atoms with Crippen molar-refractivity contribution in [3.05, 3.63) is 48.7 Å². The summed E-state index contributed by atoms with van der Waals surface area (Å²) in [6, 6.07) is 13.8. The quantitative estimate of drug-likeness (QED) is 0.801. The highest BCUT2D eigenvalue weighted by Gasteiger charge is 2.16. The number of ether oxygens (including phenoxy) is 1. The molecule has 1 aliphatic rings. The summed E-state index contributed by atoms with van der Waals surface area (Å²) in [5.41, 5.74) is 1.69. The lowest BCUT2D eigenvalue weighted by molar-refractivity contribution is 0.120. The minimum absolute atomic E-state index is 0.266. The van der Waals surface area contributed by atoms with Gasteiger partial charge in [-0.2, -0.15) is 0 Å². The van der Waals surface area contributed by atoms with Crippen molar-refractivity contribution in [2.24, 2.45) is 0 Å². The summed E-state index contributed by atoms with van der Waals surface area (Å²) in [5.74, 6) is 1.48. The molecule has 116 valence electrons. The number of anilines is 1. The summed E-state index contributed by atoms with van der Waals surface area (Å²) in [4.78, 5) is 13.7. The molecule has 1 saturated heterocycles. The molecule has 0 radical (unpaired) electrons. The molecular weight excluding hydrogens is 288 g/mol. The summed E-state index contributed by atoms with van der Waals surface area (Å²) in [5, 5.41) is 4.45. The largest absolute Gasteiger partial charge is 0.376 e. The molecule has 1 N–H and O–H groups in total. The average molecular weight is 306 g/mol. The van der Waals surface area contributed by atoms with Crippen LogP contribution in [-0.2, 0) is 4.74 Å². The van der Waals surface area contributed by atoms with E-state index in [9.17, 15) is 0 Å². The van der Waals surface area contributed by atoms with Crippen LogP contribution in [0.2, 0.25) is 0 Å². The number of aromatic nitrogens is 3. The van der Waals surface area contributed by atoms with Crippen molar-refractivity contribution in [3.63, 3.8) is 0 Å². The molecule has 5 nitrogen and oxygen atoms in total. The van der Waals surface area contributed by atoms with E-state index < -0.39 is 0 Å². The smallest absolute Gasteiger partial charge is 0.180 e. The van der Waals surface area contributed by atoms with Crippen molar-refractivity contribution in [2.45, 2.75) is 18.9 Å². The number of hydrogen-bond donors (Lipinski definition) is 1. The molecule has 3 aromatic rings. The molecule has 0 saturated carbocycles. The fourth-order valence-corrected chi connectivity index (χ4v) is 2.84. The number of nitrogens with one attached hydrogen (secondary N) is 1. The van der Waals surface area contributed by atoms with Gasteiger partial charge in [0, 0.05) is 24.7 Å². The van der Waals surface area contributed by atoms with E-state index in [1.165, 1.54) is 0 Å². The first-order valence-corrected chi connectivity index (χ1v) is 7.94. The van der Waals surface area contributed by atoms with Gasteiger partial charge in [0.2, 0.25) is 0 Å². The Bertz CT molecular complexity index is 800. The third kappa shape index (κ3) is 3.00. The van der Waals surface area contributed by atoms with Crippen LogP contribution >= 0.6 is 0 Å². The molecule has 0 amide bonds. The molecule has 3 heterocycles. The Kier molecular flexibility index (Phi) is 3.86. The molecule has 1 aromatic carbocycles. The standard InChI is InChI=1S/C18H18N4O/c1-2-8-15-14(7-1)17(20-12-13-6-5-11-23-13)22-18(21-15)16-9-3-4-10-19-16/h1-4,7-10,13H,5-6,11-12H2,(H,20,21,22)/t13-/m0/s1. The Morgan fingerprint density at radius 3 is 2.83 bits per heavy atom. The van der Waals surface area contributed by atoms with Gasteiger partial charge in [-0.15, -0.1) is 0 Å². The number of rotatable bonds is 4. The van der Waals surface area contributed by atoms with E-state index in [4.69, 9.17) is 9.72 Å². The van der Waals surface area contributed by atoms with Gasteiger partial charge in [0.15, 0.2) is 5.82 Å². The predicted molar refractivity (Wildman–Crippen MR) is 90.2 cm³/mol. The summed E-state index contributed by atoms with van der Waals surface area (Å²) in [6.07, 6.45) is 4.26. The summed E-state index contributed by atoms with van der Waals surface area (Å²) in [7, 11) is 0. The van der Waals surface area contributed by atoms with E-state index in [2.05, 4.69) is 15.3 Å². The lowest BCUT2D eigenvalue weighted by atomic mass is 10.2. The summed E-state index contributed by atoms with van der Waals surface area (Å²) >= 11 is 0. The van der Waals surface area contributed by atoms with E-state index in [0.717, 1.165) is 48.4 Å². The van der Waals surface area contributed by atoms with Crippen LogP contribution in [0, 0.1) is 0 Å². The second kappa shape index (κ2) is 6.30. The second-order valence-electron chi connectivity index (χ2n) is 5.64. The van der Waals surface area contributed by atoms with E-state index in [1.807, 2.05) is 42.5 Å². The Labute approximate surface area is 134 Å². The zero-order valence-corrected chi connectivity index (χ0v) is 12.8. The van der Waals surface area contributed by atoms with Gasteiger partial charge in [-0.05, 0) is 37.1 Å². The molecule has 0 spiro atoms. The van der Waals surface area contributed by atoms with Gasteiger partial charge in [0.25, 0.3) is 0 Å². The number of benzene rings is 1. The maximum Gasteiger partial charge on any atom is 0.180 e. The highest BCUT2D eigenvalue weighted by molar-refractivity contribution is 5.90. The highest BCUT2D eigenvalue weighted by atomic mass is 16.5. The third-order valence-corrected chi connectivity index (χ3v) is 4.02. The topological polar surface area (TPSA) is 59.9 Å². The van der Waals surface area contributed by atoms with Crippen LogP contribution in [0.1, 0.15) is 12.8 Å².